The highest BCUT2D eigenvalue weighted by Gasteiger charge is 2.55. The lowest BCUT2D eigenvalue weighted by Crippen LogP contribution is -2.48. The number of ether oxygens (including phenoxy) is 1. The third-order valence-corrected chi connectivity index (χ3v) is 4.55. The molecule has 1 aromatic heterocycles. The van der Waals surface area contributed by atoms with Crippen LogP contribution in [-0.2, 0) is 15.1 Å². The van der Waals surface area contributed by atoms with Crippen LogP contribution >= 0.6 is 0 Å². The summed E-state index contributed by atoms with van der Waals surface area (Å²) >= 11 is 0. The first kappa shape index (κ1) is 19.8. The first-order chi connectivity index (χ1) is 12.1. The van der Waals surface area contributed by atoms with E-state index in [0.29, 0.717) is 0 Å². The topological polar surface area (TPSA) is 198 Å². The summed E-state index contributed by atoms with van der Waals surface area (Å²) in [5.74, 6) is -1.77. The van der Waals surface area contributed by atoms with Crippen LogP contribution in [0.4, 0.5) is 5.82 Å². The van der Waals surface area contributed by atoms with E-state index >= 15 is 0 Å². The molecule has 0 aromatic carbocycles. The van der Waals surface area contributed by atoms with Crippen molar-refractivity contribution in [3.63, 3.8) is 0 Å². The number of nitrogen functional groups attached to an aromatic ring is 1. The molecule has 0 spiro atoms. The number of aliphatic hydroxyl groups excluding tert-OH is 3. The fraction of sp³-hybridized carbons (Fsp3) is 0.600. The Labute approximate surface area is 148 Å². The Bertz CT molecular complexity index is 775. The number of hydrogen-bond donors (Lipinski definition) is 5. The molecule has 1 saturated carbocycles. The fourth-order valence-corrected chi connectivity index (χ4v) is 2.95. The fourth-order valence-electron chi connectivity index (χ4n) is 2.95. The molecule has 142 valence electrons. The maximum atomic E-state index is 12.1. The number of nitriles is 1. The maximum Gasteiger partial charge on any atom is 0.350 e. The molecule has 2 rings (SSSR count). The highest BCUT2D eigenvalue weighted by Crippen LogP contribution is 2.40. The molecule has 11 heteroatoms. The van der Waals surface area contributed by atoms with Crippen molar-refractivity contribution in [1.29, 1.82) is 5.26 Å². The number of nitrogens with two attached hydrogens (primary N) is 2. The van der Waals surface area contributed by atoms with Gasteiger partial charge in [0.05, 0.1) is 24.9 Å². The summed E-state index contributed by atoms with van der Waals surface area (Å²) in [6.07, 6.45) is -3.14. The van der Waals surface area contributed by atoms with Crippen LogP contribution in [0.15, 0.2) is 17.1 Å². The molecule has 0 saturated heterocycles. The third kappa shape index (κ3) is 3.40. The van der Waals surface area contributed by atoms with Gasteiger partial charge in [-0.25, -0.2) is 4.79 Å². The Balaban J connectivity index is 2.23. The average molecular weight is 367 g/mol. The van der Waals surface area contributed by atoms with Crippen LogP contribution in [0.1, 0.15) is 13.3 Å². The Kier molecular flexibility index (Phi) is 5.62. The predicted molar refractivity (Wildman–Crippen MR) is 87.2 cm³/mol. The van der Waals surface area contributed by atoms with Gasteiger partial charge in [-0.05, 0) is 19.4 Å². The number of carbonyl (C=O) groups excluding carboxylic acids is 1. The summed E-state index contributed by atoms with van der Waals surface area (Å²) in [6, 6.07) is 1.89. The van der Waals surface area contributed by atoms with E-state index in [1.807, 2.05) is 6.07 Å². The van der Waals surface area contributed by atoms with Gasteiger partial charge in [-0.3, -0.25) is 9.36 Å². The quantitative estimate of drug-likeness (QED) is 0.335. The van der Waals surface area contributed by atoms with Gasteiger partial charge in [0.15, 0.2) is 5.54 Å². The molecule has 26 heavy (non-hydrogen) atoms. The van der Waals surface area contributed by atoms with E-state index in [2.05, 4.69) is 4.98 Å². The van der Waals surface area contributed by atoms with Crippen LogP contribution in [0, 0.1) is 17.2 Å². The Hall–Kier alpha value is -2.52. The lowest BCUT2D eigenvalue weighted by atomic mass is 9.95. The van der Waals surface area contributed by atoms with Crippen LogP contribution in [0.3, 0.4) is 0 Å². The lowest BCUT2D eigenvalue weighted by molar-refractivity contribution is -0.150. The van der Waals surface area contributed by atoms with Crippen molar-refractivity contribution in [2.24, 2.45) is 11.7 Å². The lowest BCUT2D eigenvalue weighted by Gasteiger charge is -2.27. The van der Waals surface area contributed by atoms with E-state index in [-0.39, 0.29) is 18.8 Å². The van der Waals surface area contributed by atoms with Crippen LogP contribution in [0.2, 0.25) is 0 Å². The molecule has 11 nitrogen and oxygen atoms in total. The number of aromatic nitrogens is 2. The molecule has 0 amide bonds. The normalized spacial score (nSPS) is 30.4. The zero-order valence-electron chi connectivity index (χ0n) is 14.0. The highest BCUT2D eigenvalue weighted by atomic mass is 16.5. The first-order valence-corrected chi connectivity index (χ1v) is 7.87. The number of aliphatic hydroxyl groups is 3. The Morgan fingerprint density at radius 1 is 1.62 bits per heavy atom. The van der Waals surface area contributed by atoms with E-state index in [1.54, 1.807) is 0 Å². The average Bonchev–Trinajstić information content (AvgIpc) is 2.84. The van der Waals surface area contributed by atoms with Gasteiger partial charge in [-0.1, -0.05) is 0 Å². The molecule has 7 N–H and O–H groups in total. The minimum absolute atomic E-state index is 0.0510. The van der Waals surface area contributed by atoms with Gasteiger partial charge in [0.2, 0.25) is 0 Å². The van der Waals surface area contributed by atoms with Crippen molar-refractivity contribution in [3.8, 4) is 6.07 Å². The van der Waals surface area contributed by atoms with Crippen molar-refractivity contribution in [1.82, 2.24) is 9.55 Å². The molecule has 2 unspecified atom stereocenters. The van der Waals surface area contributed by atoms with Gasteiger partial charge in [0.25, 0.3) is 0 Å². The van der Waals surface area contributed by atoms with Gasteiger partial charge in [-0.2, -0.15) is 10.2 Å². The van der Waals surface area contributed by atoms with E-state index in [0.717, 1.165) is 4.57 Å². The van der Waals surface area contributed by atoms with Gasteiger partial charge in [0.1, 0.15) is 18.0 Å². The summed E-state index contributed by atoms with van der Waals surface area (Å²) in [6.45, 7) is 0.972. The van der Waals surface area contributed by atoms with Gasteiger partial charge < -0.3 is 31.5 Å². The zero-order chi connectivity index (χ0) is 19.6. The number of esters is 1. The molecule has 1 aliphatic rings. The minimum atomic E-state index is -1.79. The molecular formula is C15H21N5O6. The first-order valence-electron chi connectivity index (χ1n) is 7.87. The van der Waals surface area contributed by atoms with Crippen LogP contribution in [0.5, 0.6) is 0 Å². The molecule has 1 heterocycles. The SMILES string of the molecule is CC(O)[C@@H](N)C(=O)OC[C@H]1C[C@@](C#N)(n2ccc(N)nc2=O)[C@@H](O)C1O. The van der Waals surface area contributed by atoms with Crippen molar-refractivity contribution in [2.75, 3.05) is 12.3 Å². The summed E-state index contributed by atoms with van der Waals surface area (Å²) in [4.78, 5) is 27.3. The van der Waals surface area contributed by atoms with E-state index < -0.39 is 47.5 Å². The monoisotopic (exact) mass is 367 g/mol. The summed E-state index contributed by atoms with van der Waals surface area (Å²) in [7, 11) is 0. The number of hydrogen-bond acceptors (Lipinski definition) is 10. The molecule has 0 aliphatic heterocycles. The van der Waals surface area contributed by atoms with Crippen LogP contribution in [0.25, 0.3) is 0 Å². The molecule has 6 atom stereocenters. The maximum absolute atomic E-state index is 12.1. The van der Waals surface area contributed by atoms with Crippen molar-refractivity contribution < 1.29 is 24.9 Å². The molecule has 0 radical (unpaired) electrons. The second-order valence-corrected chi connectivity index (χ2v) is 6.34. The highest BCUT2D eigenvalue weighted by molar-refractivity contribution is 5.76. The number of rotatable bonds is 5. The second-order valence-electron chi connectivity index (χ2n) is 6.34. The van der Waals surface area contributed by atoms with Crippen molar-refractivity contribution in [3.05, 3.63) is 22.7 Å². The summed E-state index contributed by atoms with van der Waals surface area (Å²) < 4.78 is 5.87. The number of anilines is 1. The van der Waals surface area contributed by atoms with Crippen molar-refractivity contribution in [2.45, 2.75) is 43.2 Å². The second kappa shape index (κ2) is 7.38. The predicted octanol–water partition coefficient (Wildman–Crippen LogP) is -2.96. The standard InChI is InChI=1S/C15H21N5O6/c1-7(21)10(18)13(24)26-5-8-4-15(6-16,12(23)11(8)22)20-3-2-9(17)19-14(20)25/h2-3,7-8,10-12,21-23H,4-5,18H2,1H3,(H2,17,19,25)/t7?,8-,10-,11?,12+,15+/m1/s1. The summed E-state index contributed by atoms with van der Waals surface area (Å²) in [5, 5.41) is 39.5. The molecule has 1 aliphatic carbocycles. The van der Waals surface area contributed by atoms with E-state index in [9.17, 15) is 30.2 Å². The zero-order valence-corrected chi connectivity index (χ0v) is 14.0. The van der Waals surface area contributed by atoms with Gasteiger partial charge in [-0.15, -0.1) is 0 Å². The minimum Gasteiger partial charge on any atom is -0.464 e. The van der Waals surface area contributed by atoms with Gasteiger partial charge in [0, 0.05) is 12.1 Å². The molecule has 1 aromatic rings. The number of carbonyl (C=O) groups is 1. The molecule has 0 bridgehead atoms. The largest absolute Gasteiger partial charge is 0.464 e. The Morgan fingerprint density at radius 2 is 2.27 bits per heavy atom. The van der Waals surface area contributed by atoms with E-state index in [4.69, 9.17) is 16.2 Å². The smallest absolute Gasteiger partial charge is 0.350 e. The van der Waals surface area contributed by atoms with Crippen LogP contribution in [-0.4, -0.2) is 61.8 Å². The Morgan fingerprint density at radius 3 is 2.81 bits per heavy atom. The molecular weight excluding hydrogens is 346 g/mol. The van der Waals surface area contributed by atoms with Gasteiger partial charge >= 0.3 is 11.7 Å². The van der Waals surface area contributed by atoms with Crippen molar-refractivity contribution >= 4 is 11.8 Å². The molecule has 1 fully saturated rings. The summed E-state index contributed by atoms with van der Waals surface area (Å²) in [5.41, 5.74) is 8.24. The van der Waals surface area contributed by atoms with Crippen LogP contribution < -0.4 is 17.2 Å². The third-order valence-electron chi connectivity index (χ3n) is 4.55. The number of nitrogens with zero attached hydrogens (tertiary/aromatic N) is 3. The van der Waals surface area contributed by atoms with E-state index in [1.165, 1.54) is 19.2 Å².